The number of nitrogens with zero attached hydrogens (tertiary/aromatic N) is 1. The number of hydrogen-bond acceptors (Lipinski definition) is 7. The molecule has 2 aromatic carbocycles. The Labute approximate surface area is 284 Å². The molecule has 4 unspecified atom stereocenters. The number of carbonyl (C=O) groups is 5. The van der Waals surface area contributed by atoms with Gasteiger partial charge in [0.05, 0.1) is 0 Å². The highest BCUT2D eigenvalue weighted by Gasteiger charge is 2.40. The van der Waals surface area contributed by atoms with Crippen LogP contribution in [-0.2, 0) is 35.1 Å². The van der Waals surface area contributed by atoms with Crippen molar-refractivity contribution in [3.05, 3.63) is 77.9 Å². The number of alkyl carbamates (subject to hydrolysis) is 1. The van der Waals surface area contributed by atoms with Crippen LogP contribution in [-0.4, -0.2) is 64.0 Å². The molecule has 2 rings (SSSR count). The van der Waals surface area contributed by atoms with Crippen LogP contribution >= 0.6 is 0 Å². The van der Waals surface area contributed by atoms with Gasteiger partial charge >= 0.3 is 12.1 Å². The third-order valence-electron chi connectivity index (χ3n) is 7.27. The Morgan fingerprint density at radius 1 is 0.896 bits per heavy atom. The maximum absolute atomic E-state index is 14.6. The van der Waals surface area contributed by atoms with Crippen LogP contribution in [0.5, 0.6) is 0 Å². The van der Waals surface area contributed by atoms with Crippen LogP contribution in [0.1, 0.15) is 97.4 Å². The van der Waals surface area contributed by atoms with Crippen molar-refractivity contribution in [2.75, 3.05) is 0 Å². The van der Waals surface area contributed by atoms with Gasteiger partial charge in [-0.1, -0.05) is 68.1 Å². The van der Waals surface area contributed by atoms with E-state index in [0.717, 1.165) is 5.56 Å². The summed E-state index contributed by atoms with van der Waals surface area (Å²) in [6.07, 6.45) is 0.992. The Kier molecular flexibility index (Phi) is 14.4. The average molecular weight is 665 g/mol. The first-order valence-corrected chi connectivity index (χ1v) is 16.2. The van der Waals surface area contributed by atoms with Gasteiger partial charge in [0, 0.05) is 18.9 Å². The van der Waals surface area contributed by atoms with Crippen LogP contribution in [0.25, 0.3) is 6.08 Å². The molecule has 11 nitrogen and oxygen atoms in total. The van der Waals surface area contributed by atoms with Crippen LogP contribution in [0.2, 0.25) is 0 Å². The molecule has 0 aliphatic heterocycles. The summed E-state index contributed by atoms with van der Waals surface area (Å²) in [5, 5.41) is 5.47. The average Bonchev–Trinajstić information content (AvgIpc) is 2.99. The number of nitrogens with two attached hydrogens (primary N) is 1. The molecule has 0 fully saturated rings. The van der Waals surface area contributed by atoms with Gasteiger partial charge in [-0.15, -0.1) is 0 Å². The lowest BCUT2D eigenvalue weighted by Crippen LogP contribution is -2.57. The van der Waals surface area contributed by atoms with E-state index in [2.05, 4.69) is 17.2 Å². The molecular weight excluding hydrogens is 612 g/mol. The minimum absolute atomic E-state index is 0.129. The molecule has 0 aromatic heterocycles. The molecule has 0 saturated heterocycles. The second-order valence-electron chi connectivity index (χ2n) is 13.8. The summed E-state index contributed by atoms with van der Waals surface area (Å²) < 4.78 is 11.1. The van der Waals surface area contributed by atoms with Crippen molar-refractivity contribution >= 4 is 35.9 Å². The largest absolute Gasteiger partial charge is 0.458 e. The third kappa shape index (κ3) is 12.8. The predicted octanol–water partition coefficient (Wildman–Crippen LogP) is 5.23. The van der Waals surface area contributed by atoms with E-state index in [9.17, 15) is 24.0 Å². The molecule has 0 spiro atoms. The quantitative estimate of drug-likeness (QED) is 0.220. The number of benzene rings is 2. The van der Waals surface area contributed by atoms with E-state index in [-0.39, 0.29) is 19.3 Å². The fourth-order valence-electron chi connectivity index (χ4n) is 4.93. The van der Waals surface area contributed by atoms with Gasteiger partial charge in [-0.3, -0.25) is 14.4 Å². The van der Waals surface area contributed by atoms with E-state index in [1.54, 1.807) is 78.8 Å². The van der Waals surface area contributed by atoms with Crippen LogP contribution in [0, 0.1) is 0 Å². The van der Waals surface area contributed by atoms with Crippen molar-refractivity contribution in [2.45, 2.75) is 116 Å². The first-order chi connectivity index (χ1) is 22.3. The van der Waals surface area contributed by atoms with E-state index in [1.807, 2.05) is 37.3 Å². The molecule has 0 radical (unpaired) electrons. The maximum Gasteiger partial charge on any atom is 0.408 e. The van der Waals surface area contributed by atoms with Crippen molar-refractivity contribution in [1.29, 1.82) is 0 Å². The van der Waals surface area contributed by atoms with E-state index in [0.29, 0.717) is 17.5 Å². The first kappa shape index (κ1) is 39.5. The molecule has 4 amide bonds. The lowest BCUT2D eigenvalue weighted by atomic mass is 9.96. The molecule has 0 saturated carbocycles. The van der Waals surface area contributed by atoms with E-state index >= 15 is 0 Å². The minimum Gasteiger partial charge on any atom is -0.458 e. The predicted molar refractivity (Wildman–Crippen MR) is 185 cm³/mol. The standard InChI is InChI=1S/C37H52N4O7/c1-10-24(3)41(33(44)28(20-21-30(38)42)40-35(46)48-37(7,8)9)31(27-19-15-18-25(11-2)22-27)32(43)39-29(34(45)47-36(4,5)6)23-26-16-13-12-14-17-26/h11-19,22,24,28-29,31H,2,10,20-21,23H2,1,3-9H3,(H2,38,42)(H,39,43)(H,40,46). The molecule has 0 heterocycles. The molecule has 262 valence electrons. The summed E-state index contributed by atoms with van der Waals surface area (Å²) >= 11 is 0. The molecule has 4 N–H and O–H groups in total. The number of ether oxygens (including phenoxy) is 2. The second-order valence-corrected chi connectivity index (χ2v) is 13.8. The summed E-state index contributed by atoms with van der Waals surface area (Å²) in [4.78, 5) is 68.7. The third-order valence-corrected chi connectivity index (χ3v) is 7.27. The van der Waals surface area contributed by atoms with Crippen molar-refractivity contribution < 1.29 is 33.4 Å². The van der Waals surface area contributed by atoms with Gasteiger partial charge in [-0.05, 0) is 84.1 Å². The molecule has 0 aliphatic carbocycles. The summed E-state index contributed by atoms with van der Waals surface area (Å²) in [6, 6.07) is 12.0. The first-order valence-electron chi connectivity index (χ1n) is 16.2. The van der Waals surface area contributed by atoms with Crippen LogP contribution in [0.15, 0.2) is 61.2 Å². The fourth-order valence-corrected chi connectivity index (χ4v) is 4.93. The smallest absolute Gasteiger partial charge is 0.408 e. The van der Waals surface area contributed by atoms with Crippen molar-refractivity contribution in [1.82, 2.24) is 15.5 Å². The molecule has 0 bridgehead atoms. The second kappa shape index (κ2) is 17.5. The highest BCUT2D eigenvalue weighted by Crippen LogP contribution is 2.28. The number of nitrogens with one attached hydrogen (secondary N) is 2. The Morgan fingerprint density at radius 2 is 1.52 bits per heavy atom. The molecule has 48 heavy (non-hydrogen) atoms. The molecule has 11 heteroatoms. The minimum atomic E-state index is -1.26. The number of primary amides is 1. The Bertz CT molecular complexity index is 1430. The van der Waals surface area contributed by atoms with E-state index in [4.69, 9.17) is 15.2 Å². The topological polar surface area (TPSA) is 157 Å². The Hall–Kier alpha value is -4.67. The zero-order valence-electron chi connectivity index (χ0n) is 29.5. The van der Waals surface area contributed by atoms with Crippen molar-refractivity contribution in [3.8, 4) is 0 Å². The van der Waals surface area contributed by atoms with E-state index < -0.39 is 65.2 Å². The van der Waals surface area contributed by atoms with E-state index in [1.165, 1.54) is 4.90 Å². The maximum atomic E-state index is 14.6. The van der Waals surface area contributed by atoms with Gasteiger partial charge in [0.15, 0.2) is 0 Å². The number of carbonyl (C=O) groups excluding carboxylic acids is 5. The van der Waals surface area contributed by atoms with Crippen LogP contribution in [0.4, 0.5) is 4.79 Å². The molecule has 4 atom stereocenters. The summed E-state index contributed by atoms with van der Waals surface area (Å²) in [5.41, 5.74) is 5.69. The summed E-state index contributed by atoms with van der Waals surface area (Å²) in [6.45, 7) is 17.7. The monoisotopic (exact) mass is 664 g/mol. The lowest BCUT2D eigenvalue weighted by molar-refractivity contribution is -0.159. The molecular formula is C37H52N4O7. The number of rotatable bonds is 15. The van der Waals surface area contributed by atoms with Crippen LogP contribution < -0.4 is 16.4 Å². The van der Waals surface area contributed by atoms with Gasteiger partial charge < -0.3 is 30.7 Å². The van der Waals surface area contributed by atoms with Crippen molar-refractivity contribution in [2.24, 2.45) is 5.73 Å². The van der Waals surface area contributed by atoms with Gasteiger partial charge in [-0.25, -0.2) is 9.59 Å². The molecule has 2 aromatic rings. The fraction of sp³-hybridized carbons (Fsp3) is 0.486. The zero-order valence-corrected chi connectivity index (χ0v) is 29.5. The Morgan fingerprint density at radius 3 is 2.06 bits per heavy atom. The highest BCUT2D eigenvalue weighted by molar-refractivity contribution is 5.94. The van der Waals surface area contributed by atoms with Gasteiger partial charge in [0.2, 0.25) is 17.7 Å². The van der Waals surface area contributed by atoms with Crippen molar-refractivity contribution in [3.63, 3.8) is 0 Å². The van der Waals surface area contributed by atoms with Gasteiger partial charge in [0.25, 0.3) is 0 Å². The zero-order chi connectivity index (χ0) is 36.2. The summed E-state index contributed by atoms with van der Waals surface area (Å²) in [5.74, 6) is -2.56. The Balaban J connectivity index is 2.69. The van der Waals surface area contributed by atoms with Gasteiger partial charge in [-0.2, -0.15) is 0 Å². The molecule has 0 aliphatic rings. The number of hydrogen-bond donors (Lipinski definition) is 3. The lowest BCUT2D eigenvalue weighted by Gasteiger charge is -2.39. The van der Waals surface area contributed by atoms with Crippen LogP contribution in [0.3, 0.4) is 0 Å². The number of esters is 1. The summed E-state index contributed by atoms with van der Waals surface area (Å²) in [7, 11) is 0. The number of amides is 4. The SMILES string of the molecule is C=Cc1cccc(C(C(=O)NC(Cc2ccccc2)C(=O)OC(C)(C)C)N(C(=O)C(CCC(N)=O)NC(=O)OC(C)(C)C)C(C)CC)c1. The highest BCUT2D eigenvalue weighted by atomic mass is 16.6. The van der Waals surface area contributed by atoms with Gasteiger partial charge in [0.1, 0.15) is 29.3 Å². The normalized spacial score (nSPS) is 14.0.